The minimum Gasteiger partial charge on any atom is -0.336 e. The van der Waals surface area contributed by atoms with E-state index in [-0.39, 0.29) is 6.04 Å². The van der Waals surface area contributed by atoms with E-state index in [0.29, 0.717) is 5.92 Å². The highest BCUT2D eigenvalue weighted by atomic mass is 15.0. The van der Waals surface area contributed by atoms with Gasteiger partial charge in [0.25, 0.3) is 0 Å². The number of hydrogen-bond donors (Lipinski definition) is 1. The number of nitrogens with zero attached hydrogens (tertiary/aromatic N) is 2. The first-order valence-corrected chi connectivity index (χ1v) is 4.92. The number of aryl methyl sites for hydroxylation is 1. The summed E-state index contributed by atoms with van der Waals surface area (Å²) in [7, 11) is 0. The second-order valence-corrected chi connectivity index (χ2v) is 3.63. The third-order valence-electron chi connectivity index (χ3n) is 2.08. The van der Waals surface area contributed by atoms with E-state index in [1.54, 1.807) is 6.33 Å². The highest BCUT2D eigenvalue weighted by Crippen LogP contribution is 1.97. The molecule has 1 heterocycles. The first-order valence-electron chi connectivity index (χ1n) is 4.92. The SMILES string of the molecule is CCn1cnc(C#CC(N)C(C)C)c1. The molecule has 1 aromatic rings. The van der Waals surface area contributed by atoms with Crippen molar-refractivity contribution in [2.75, 3.05) is 0 Å². The van der Waals surface area contributed by atoms with Gasteiger partial charge in [-0.05, 0) is 18.8 Å². The smallest absolute Gasteiger partial charge is 0.131 e. The topological polar surface area (TPSA) is 43.8 Å². The molecule has 0 radical (unpaired) electrons. The van der Waals surface area contributed by atoms with Crippen molar-refractivity contribution in [3.63, 3.8) is 0 Å². The molecule has 1 atom stereocenters. The number of nitrogens with two attached hydrogens (primary N) is 1. The van der Waals surface area contributed by atoms with E-state index in [1.807, 2.05) is 10.8 Å². The highest BCUT2D eigenvalue weighted by Gasteiger charge is 2.02. The minimum atomic E-state index is -0.0678. The molecular formula is C11H17N3. The van der Waals surface area contributed by atoms with Crippen LogP contribution in [0.25, 0.3) is 0 Å². The molecule has 1 aromatic heterocycles. The normalized spacial score (nSPS) is 12.4. The lowest BCUT2D eigenvalue weighted by Gasteiger charge is -2.05. The molecule has 0 saturated heterocycles. The fraction of sp³-hybridized carbons (Fsp3) is 0.545. The number of rotatable bonds is 2. The van der Waals surface area contributed by atoms with Crippen LogP contribution in [0.5, 0.6) is 0 Å². The molecule has 3 nitrogen and oxygen atoms in total. The minimum absolute atomic E-state index is 0.0678. The zero-order chi connectivity index (χ0) is 10.6. The van der Waals surface area contributed by atoms with Crippen LogP contribution in [0.4, 0.5) is 0 Å². The van der Waals surface area contributed by atoms with Crippen LogP contribution in [0.3, 0.4) is 0 Å². The first kappa shape index (κ1) is 10.8. The van der Waals surface area contributed by atoms with Crippen LogP contribution in [0.15, 0.2) is 12.5 Å². The van der Waals surface area contributed by atoms with Crippen molar-refractivity contribution in [3.05, 3.63) is 18.2 Å². The Kier molecular flexibility index (Phi) is 3.73. The summed E-state index contributed by atoms with van der Waals surface area (Å²) in [5.74, 6) is 6.35. The molecule has 0 aliphatic heterocycles. The summed E-state index contributed by atoms with van der Waals surface area (Å²) >= 11 is 0. The molecule has 0 saturated carbocycles. The molecule has 0 aromatic carbocycles. The van der Waals surface area contributed by atoms with Gasteiger partial charge in [0.1, 0.15) is 5.69 Å². The lowest BCUT2D eigenvalue weighted by molar-refractivity contribution is 0.584. The van der Waals surface area contributed by atoms with E-state index in [1.165, 1.54) is 0 Å². The summed E-state index contributed by atoms with van der Waals surface area (Å²) in [5.41, 5.74) is 6.59. The van der Waals surface area contributed by atoms with Gasteiger partial charge in [-0.15, -0.1) is 0 Å². The monoisotopic (exact) mass is 191 g/mol. The van der Waals surface area contributed by atoms with E-state index in [4.69, 9.17) is 5.73 Å². The quantitative estimate of drug-likeness (QED) is 0.715. The van der Waals surface area contributed by atoms with Gasteiger partial charge in [0.2, 0.25) is 0 Å². The summed E-state index contributed by atoms with van der Waals surface area (Å²) in [6.07, 6.45) is 3.71. The first-order chi connectivity index (χ1) is 6.63. The van der Waals surface area contributed by atoms with Crippen molar-refractivity contribution in [1.82, 2.24) is 9.55 Å². The van der Waals surface area contributed by atoms with Crippen molar-refractivity contribution in [2.45, 2.75) is 33.4 Å². The second-order valence-electron chi connectivity index (χ2n) is 3.63. The molecule has 0 aliphatic rings. The molecule has 2 N–H and O–H groups in total. The Labute approximate surface area is 85.3 Å². The van der Waals surface area contributed by atoms with Crippen LogP contribution in [0.1, 0.15) is 26.5 Å². The Bertz CT molecular complexity index is 341. The summed E-state index contributed by atoms with van der Waals surface area (Å²) in [6.45, 7) is 7.11. The zero-order valence-electron chi connectivity index (χ0n) is 8.99. The van der Waals surface area contributed by atoms with Gasteiger partial charge < -0.3 is 10.3 Å². The van der Waals surface area contributed by atoms with Gasteiger partial charge in [-0.3, -0.25) is 0 Å². The predicted octanol–water partition coefficient (Wildman–Crippen LogP) is 1.24. The number of imidazole rings is 1. The van der Waals surface area contributed by atoms with E-state index in [2.05, 4.69) is 37.6 Å². The lowest BCUT2D eigenvalue weighted by Crippen LogP contribution is -2.23. The summed E-state index contributed by atoms with van der Waals surface area (Å²) in [6, 6.07) is -0.0678. The van der Waals surface area contributed by atoms with Gasteiger partial charge >= 0.3 is 0 Å². The summed E-state index contributed by atoms with van der Waals surface area (Å²) in [4.78, 5) is 4.15. The molecular weight excluding hydrogens is 174 g/mol. The van der Waals surface area contributed by atoms with Crippen molar-refractivity contribution in [1.29, 1.82) is 0 Å². The fourth-order valence-corrected chi connectivity index (χ4v) is 0.922. The lowest BCUT2D eigenvalue weighted by atomic mass is 10.1. The van der Waals surface area contributed by atoms with Gasteiger partial charge in [0, 0.05) is 12.7 Å². The van der Waals surface area contributed by atoms with Crippen LogP contribution in [-0.4, -0.2) is 15.6 Å². The molecule has 0 fully saturated rings. The summed E-state index contributed by atoms with van der Waals surface area (Å²) in [5, 5.41) is 0. The molecule has 0 aliphatic carbocycles. The third-order valence-corrected chi connectivity index (χ3v) is 2.08. The maximum Gasteiger partial charge on any atom is 0.131 e. The highest BCUT2D eigenvalue weighted by molar-refractivity contribution is 5.27. The summed E-state index contributed by atoms with van der Waals surface area (Å²) < 4.78 is 1.99. The Hall–Kier alpha value is -1.27. The van der Waals surface area contributed by atoms with Crippen molar-refractivity contribution in [3.8, 4) is 11.8 Å². The molecule has 0 bridgehead atoms. The van der Waals surface area contributed by atoms with E-state index in [0.717, 1.165) is 12.2 Å². The Balaban J connectivity index is 2.67. The molecule has 3 heteroatoms. The molecule has 1 rings (SSSR count). The van der Waals surface area contributed by atoms with Crippen molar-refractivity contribution < 1.29 is 0 Å². The van der Waals surface area contributed by atoms with Gasteiger partial charge in [-0.2, -0.15) is 0 Å². The van der Waals surface area contributed by atoms with Crippen molar-refractivity contribution >= 4 is 0 Å². The largest absolute Gasteiger partial charge is 0.336 e. The van der Waals surface area contributed by atoms with E-state index in [9.17, 15) is 0 Å². The number of hydrogen-bond acceptors (Lipinski definition) is 2. The Morgan fingerprint density at radius 2 is 2.29 bits per heavy atom. The van der Waals surface area contributed by atoms with Crippen LogP contribution >= 0.6 is 0 Å². The van der Waals surface area contributed by atoms with Gasteiger partial charge in [-0.25, -0.2) is 4.98 Å². The Morgan fingerprint density at radius 1 is 1.57 bits per heavy atom. The van der Waals surface area contributed by atoms with Gasteiger partial charge in [-0.1, -0.05) is 19.8 Å². The predicted molar refractivity (Wildman–Crippen MR) is 57.6 cm³/mol. The van der Waals surface area contributed by atoms with Crippen LogP contribution in [-0.2, 0) is 6.54 Å². The second kappa shape index (κ2) is 4.83. The maximum absolute atomic E-state index is 5.80. The van der Waals surface area contributed by atoms with Crippen LogP contribution in [0, 0.1) is 17.8 Å². The molecule has 0 spiro atoms. The molecule has 0 amide bonds. The van der Waals surface area contributed by atoms with Gasteiger partial charge in [0.15, 0.2) is 0 Å². The van der Waals surface area contributed by atoms with Crippen LogP contribution < -0.4 is 5.73 Å². The average Bonchev–Trinajstić information content (AvgIpc) is 2.61. The zero-order valence-corrected chi connectivity index (χ0v) is 8.99. The third kappa shape index (κ3) is 2.90. The van der Waals surface area contributed by atoms with Crippen molar-refractivity contribution in [2.24, 2.45) is 11.7 Å². The maximum atomic E-state index is 5.80. The van der Waals surface area contributed by atoms with E-state index < -0.39 is 0 Å². The average molecular weight is 191 g/mol. The van der Waals surface area contributed by atoms with E-state index >= 15 is 0 Å². The molecule has 1 unspecified atom stereocenters. The van der Waals surface area contributed by atoms with Gasteiger partial charge in [0.05, 0.1) is 12.4 Å². The standard InChI is InChI=1S/C11H17N3/c1-4-14-7-10(13-8-14)5-6-11(12)9(2)3/h7-9,11H,4,12H2,1-3H3. The molecule has 14 heavy (non-hydrogen) atoms. The number of aromatic nitrogens is 2. The Morgan fingerprint density at radius 3 is 2.79 bits per heavy atom. The molecule has 76 valence electrons. The fourth-order valence-electron chi connectivity index (χ4n) is 0.922. The van der Waals surface area contributed by atoms with Crippen LogP contribution in [0.2, 0.25) is 0 Å².